The number of phenols is 1. The molecule has 1 fully saturated rings. The molecule has 1 aromatic rings. The minimum atomic E-state index is -1.13. The normalized spacial score (nSPS) is 17.1. The van der Waals surface area contributed by atoms with Crippen LogP contribution in [-0.4, -0.2) is 141 Å². The lowest BCUT2D eigenvalue weighted by Gasteiger charge is -2.27. The van der Waals surface area contributed by atoms with Crippen LogP contribution in [0.4, 0.5) is 0 Å². The molecule has 0 bridgehead atoms. The van der Waals surface area contributed by atoms with E-state index in [0.717, 1.165) is 58.5 Å². The topological polar surface area (TPSA) is 248 Å². The summed E-state index contributed by atoms with van der Waals surface area (Å²) < 4.78 is 4.91. The third kappa shape index (κ3) is 21.9. The van der Waals surface area contributed by atoms with Crippen LogP contribution in [0, 0.1) is 17.8 Å². The Morgan fingerprint density at radius 3 is 1.40 bits per heavy atom. The molecule has 2 rings (SSSR count). The molecule has 0 unspecified atom stereocenters. The van der Waals surface area contributed by atoms with Gasteiger partial charge in [-0.2, -0.15) is 0 Å². The van der Waals surface area contributed by atoms with E-state index in [-0.39, 0.29) is 55.2 Å². The van der Waals surface area contributed by atoms with Gasteiger partial charge in [-0.3, -0.25) is 33.7 Å². The van der Waals surface area contributed by atoms with E-state index in [4.69, 9.17) is 4.74 Å². The number of benzene rings is 1. The van der Waals surface area contributed by atoms with Crippen molar-refractivity contribution in [2.45, 2.75) is 137 Å². The van der Waals surface area contributed by atoms with E-state index < -0.39 is 71.8 Å². The van der Waals surface area contributed by atoms with Crippen molar-refractivity contribution in [3.05, 3.63) is 29.8 Å². The molecule has 63 heavy (non-hydrogen) atoms. The first-order chi connectivity index (χ1) is 29.8. The van der Waals surface area contributed by atoms with Crippen LogP contribution in [0.25, 0.3) is 0 Å². The fourth-order valence-electron chi connectivity index (χ4n) is 7.09. The Balaban J connectivity index is 2.07. The number of hydrogen-bond acceptors (Lipinski definition) is 12. The molecule has 1 aromatic carbocycles. The first-order valence-corrected chi connectivity index (χ1v) is 22.6. The smallest absolute Gasteiger partial charge is 0.328 e. The molecule has 18 heteroatoms. The average Bonchev–Trinajstić information content (AvgIpc) is 3.20. The summed E-state index contributed by atoms with van der Waals surface area (Å²) in [4.78, 5) is 95.8. The van der Waals surface area contributed by atoms with Gasteiger partial charge in [0.05, 0.1) is 13.7 Å². The van der Waals surface area contributed by atoms with Crippen molar-refractivity contribution in [1.29, 1.82) is 0 Å². The van der Waals surface area contributed by atoms with E-state index >= 15 is 0 Å². The number of nitrogens with one attached hydrogen (secondary N) is 8. The summed E-state index contributed by atoms with van der Waals surface area (Å²) in [5.74, 6) is -4.03. The van der Waals surface area contributed by atoms with E-state index in [2.05, 4.69) is 47.4 Å². The van der Waals surface area contributed by atoms with Crippen molar-refractivity contribution in [1.82, 2.24) is 47.4 Å². The Labute approximate surface area is 374 Å². The van der Waals surface area contributed by atoms with E-state index in [1.807, 2.05) is 41.5 Å². The number of amides is 6. The first kappa shape index (κ1) is 54.3. The van der Waals surface area contributed by atoms with E-state index in [1.165, 1.54) is 33.1 Å². The van der Waals surface area contributed by atoms with Gasteiger partial charge in [0.15, 0.2) is 0 Å². The second-order valence-corrected chi connectivity index (χ2v) is 17.9. The summed E-state index contributed by atoms with van der Waals surface area (Å²) in [6.45, 7) is 19.5. The van der Waals surface area contributed by atoms with Gasteiger partial charge in [-0.25, -0.2) is 4.79 Å². The van der Waals surface area contributed by atoms with Crippen molar-refractivity contribution in [3.8, 4) is 5.75 Å². The molecule has 356 valence electrons. The van der Waals surface area contributed by atoms with Gasteiger partial charge in [-0.15, -0.1) is 0 Å². The summed E-state index contributed by atoms with van der Waals surface area (Å²) >= 11 is 0. The van der Waals surface area contributed by atoms with Crippen LogP contribution in [0.2, 0.25) is 0 Å². The van der Waals surface area contributed by atoms with Crippen LogP contribution in [0.1, 0.15) is 99.5 Å². The zero-order chi connectivity index (χ0) is 47.1. The zero-order valence-corrected chi connectivity index (χ0v) is 39.1. The van der Waals surface area contributed by atoms with E-state index in [1.54, 1.807) is 12.1 Å². The lowest BCUT2D eigenvalue weighted by Crippen LogP contribution is -2.59. The third-order valence-electron chi connectivity index (χ3n) is 10.5. The van der Waals surface area contributed by atoms with Crippen molar-refractivity contribution in [3.63, 3.8) is 0 Å². The number of rotatable bonds is 22. The number of nitrogens with zero attached hydrogens (tertiary/aromatic N) is 1. The highest BCUT2D eigenvalue weighted by atomic mass is 16.5. The lowest BCUT2D eigenvalue weighted by atomic mass is 10.0. The molecule has 0 aromatic heterocycles. The van der Waals surface area contributed by atoms with Gasteiger partial charge < -0.3 is 52.4 Å². The van der Waals surface area contributed by atoms with Gasteiger partial charge in [-0.1, -0.05) is 53.7 Å². The highest BCUT2D eigenvalue weighted by molar-refractivity contribution is 5.96. The maximum atomic E-state index is 13.6. The summed E-state index contributed by atoms with van der Waals surface area (Å²) in [6, 6.07) is -0.149. The molecule has 9 N–H and O–H groups in total. The van der Waals surface area contributed by atoms with Crippen LogP contribution in [-0.2, 0) is 44.7 Å². The quantitative estimate of drug-likeness (QED) is 0.0737. The molecule has 6 atom stereocenters. The largest absolute Gasteiger partial charge is 0.508 e. The molecular weight excluding hydrogens is 811 g/mol. The van der Waals surface area contributed by atoms with Gasteiger partial charge in [0, 0.05) is 6.42 Å². The molecule has 0 radical (unpaired) electrons. The predicted octanol–water partition coefficient (Wildman–Crippen LogP) is 0.860. The Morgan fingerprint density at radius 2 is 0.968 bits per heavy atom. The van der Waals surface area contributed by atoms with Crippen molar-refractivity contribution < 1.29 is 43.4 Å². The molecule has 1 aliphatic heterocycles. The number of carbonyl (C=O) groups is 7. The van der Waals surface area contributed by atoms with Gasteiger partial charge in [-0.05, 0) is 127 Å². The Hall–Kier alpha value is -4.81. The van der Waals surface area contributed by atoms with E-state index in [0.29, 0.717) is 12.0 Å². The molecule has 0 aliphatic carbocycles. The second-order valence-electron chi connectivity index (χ2n) is 17.9. The maximum Gasteiger partial charge on any atom is 0.328 e. The van der Waals surface area contributed by atoms with Crippen LogP contribution < -0.4 is 42.5 Å². The number of hydrogen-bond donors (Lipinski definition) is 9. The van der Waals surface area contributed by atoms with Crippen molar-refractivity contribution in [2.24, 2.45) is 17.8 Å². The summed E-state index contributed by atoms with van der Waals surface area (Å²) in [6.07, 6.45) is 3.72. The standard InChI is InChI=1S/C45H77N9O9/c1-28(2)23-35(50-39(56)27-54-21-11-19-46-17-10-18-47-20-12-22-54)42(59)48-31(7)40(57)51-36(24-29(3)4)43(60)49-32(8)41(58)52-37(25-30(5)6)44(61)53-38(45(62)63-9)26-33-13-15-34(55)16-14-33/h13-16,28-32,35-38,46-47,55H,10-12,17-27H2,1-9H3,(H,48,59)(H,49,60)(H,50,56)(H,51,57)(H,52,58)(H,53,61)/t31-,32-,35-,36-,37-,38-/m0/s1. The molecule has 18 nitrogen and oxygen atoms in total. The predicted molar refractivity (Wildman–Crippen MR) is 241 cm³/mol. The Morgan fingerprint density at radius 1 is 0.571 bits per heavy atom. The molecule has 6 amide bonds. The number of methoxy groups -OCH3 is 1. The van der Waals surface area contributed by atoms with E-state index in [9.17, 15) is 38.7 Å². The van der Waals surface area contributed by atoms with Crippen LogP contribution in [0.3, 0.4) is 0 Å². The van der Waals surface area contributed by atoms with Crippen molar-refractivity contribution in [2.75, 3.05) is 52.9 Å². The van der Waals surface area contributed by atoms with Crippen molar-refractivity contribution >= 4 is 41.4 Å². The fourth-order valence-corrected chi connectivity index (χ4v) is 7.09. The van der Waals surface area contributed by atoms with Crippen LogP contribution in [0.5, 0.6) is 5.75 Å². The van der Waals surface area contributed by atoms with Crippen LogP contribution >= 0.6 is 0 Å². The van der Waals surface area contributed by atoms with Gasteiger partial charge in [0.1, 0.15) is 42.0 Å². The lowest BCUT2D eigenvalue weighted by molar-refractivity contribution is -0.145. The summed E-state index contributed by atoms with van der Waals surface area (Å²) in [5, 5.41) is 32.8. The molecule has 1 saturated heterocycles. The molecule has 0 saturated carbocycles. The first-order valence-electron chi connectivity index (χ1n) is 22.6. The minimum absolute atomic E-state index is 0.0434. The average molecular weight is 888 g/mol. The van der Waals surface area contributed by atoms with Gasteiger partial charge >= 0.3 is 5.97 Å². The highest BCUT2D eigenvalue weighted by Gasteiger charge is 2.32. The zero-order valence-electron chi connectivity index (χ0n) is 39.1. The SMILES string of the molecule is COC(=O)[C@H](Cc1ccc(O)cc1)NC(=O)[C@H](CC(C)C)NC(=O)[C@H](C)NC(=O)[C@H](CC(C)C)NC(=O)[C@H](C)NC(=O)[C@H](CC(C)C)NC(=O)CN1CCCNCCCNCCC1. The molecular formula is C45H77N9O9. The number of carbonyl (C=O) groups excluding carboxylic acids is 7. The number of esters is 1. The van der Waals surface area contributed by atoms with Gasteiger partial charge in [0.2, 0.25) is 35.4 Å². The maximum absolute atomic E-state index is 13.6. The molecule has 1 heterocycles. The number of phenolic OH excluding ortho intramolecular Hbond substituents is 1. The second kappa shape index (κ2) is 28.8. The van der Waals surface area contributed by atoms with Gasteiger partial charge in [0.25, 0.3) is 0 Å². The minimum Gasteiger partial charge on any atom is -0.508 e. The highest BCUT2D eigenvalue weighted by Crippen LogP contribution is 2.14. The summed E-state index contributed by atoms with van der Waals surface area (Å²) in [7, 11) is 1.20. The third-order valence-corrected chi connectivity index (χ3v) is 10.5. The molecule has 0 spiro atoms. The number of ether oxygens (including phenoxy) is 1. The Bertz CT molecular complexity index is 1600. The summed E-state index contributed by atoms with van der Waals surface area (Å²) in [5.41, 5.74) is 0.657. The Kier molecular flexibility index (Phi) is 24.8. The van der Waals surface area contributed by atoms with Crippen LogP contribution in [0.15, 0.2) is 24.3 Å². The monoisotopic (exact) mass is 888 g/mol. The number of aromatic hydroxyl groups is 1. The molecule has 1 aliphatic rings. The fraction of sp³-hybridized carbons (Fsp3) is 0.711.